The molecule has 4 heteroatoms. The van der Waals surface area contributed by atoms with Gasteiger partial charge in [-0.1, -0.05) is 18.6 Å². The Balaban J connectivity index is 1.58. The number of pyridine rings is 1. The number of hydrogen-bond acceptors (Lipinski definition) is 3. The number of nitrogens with zero attached hydrogens (tertiary/aromatic N) is 1. The number of piperidine rings is 1. The molecule has 1 fully saturated rings. The van der Waals surface area contributed by atoms with Crippen molar-refractivity contribution in [3.05, 3.63) is 59.9 Å². The maximum atomic E-state index is 12.2. The average Bonchev–Trinajstić information content (AvgIpc) is 2.58. The lowest BCUT2D eigenvalue weighted by atomic mass is 10.0. The minimum atomic E-state index is -0.0507. The van der Waals surface area contributed by atoms with Crippen LogP contribution in [-0.2, 0) is 11.2 Å². The SMILES string of the molecule is O=C(Nc1ccc(Cc2ccncc2)cc1)[C@H]1CCCCN1. The molecule has 4 nitrogen and oxygen atoms in total. The molecule has 0 saturated carbocycles. The Morgan fingerprint density at radius 3 is 2.50 bits per heavy atom. The highest BCUT2D eigenvalue weighted by atomic mass is 16.2. The summed E-state index contributed by atoms with van der Waals surface area (Å²) in [5.74, 6) is 0.0709. The smallest absolute Gasteiger partial charge is 0.241 e. The summed E-state index contributed by atoms with van der Waals surface area (Å²) < 4.78 is 0. The van der Waals surface area contributed by atoms with Gasteiger partial charge in [0, 0.05) is 18.1 Å². The number of amides is 1. The summed E-state index contributed by atoms with van der Waals surface area (Å²) in [5, 5.41) is 6.26. The van der Waals surface area contributed by atoms with Crippen LogP contribution in [0.15, 0.2) is 48.8 Å². The van der Waals surface area contributed by atoms with Gasteiger partial charge in [0.05, 0.1) is 6.04 Å². The number of carbonyl (C=O) groups excluding carboxylic acids is 1. The fourth-order valence-electron chi connectivity index (χ4n) is 2.75. The fourth-order valence-corrected chi connectivity index (χ4v) is 2.75. The topological polar surface area (TPSA) is 54.0 Å². The van der Waals surface area contributed by atoms with Crippen LogP contribution in [0.1, 0.15) is 30.4 Å². The molecule has 2 N–H and O–H groups in total. The summed E-state index contributed by atoms with van der Waals surface area (Å²) in [5.41, 5.74) is 3.31. The van der Waals surface area contributed by atoms with Gasteiger partial charge in [0.25, 0.3) is 0 Å². The molecule has 0 spiro atoms. The van der Waals surface area contributed by atoms with Crippen molar-refractivity contribution < 1.29 is 4.79 Å². The van der Waals surface area contributed by atoms with E-state index >= 15 is 0 Å². The number of aromatic nitrogens is 1. The minimum Gasteiger partial charge on any atom is -0.325 e. The van der Waals surface area contributed by atoms with Crippen LogP contribution in [0.2, 0.25) is 0 Å². The summed E-state index contributed by atoms with van der Waals surface area (Å²) in [6.07, 6.45) is 7.69. The van der Waals surface area contributed by atoms with Crippen LogP contribution in [0.3, 0.4) is 0 Å². The van der Waals surface area contributed by atoms with Crippen molar-refractivity contribution in [1.82, 2.24) is 10.3 Å². The Morgan fingerprint density at radius 2 is 1.82 bits per heavy atom. The highest BCUT2D eigenvalue weighted by Gasteiger charge is 2.20. The van der Waals surface area contributed by atoms with Crippen LogP contribution in [0.25, 0.3) is 0 Å². The van der Waals surface area contributed by atoms with Crippen LogP contribution in [0.5, 0.6) is 0 Å². The van der Waals surface area contributed by atoms with Gasteiger partial charge in [-0.2, -0.15) is 0 Å². The number of nitrogens with one attached hydrogen (secondary N) is 2. The monoisotopic (exact) mass is 295 g/mol. The van der Waals surface area contributed by atoms with E-state index in [1.807, 2.05) is 24.3 Å². The normalized spacial score (nSPS) is 17.9. The van der Waals surface area contributed by atoms with Gasteiger partial charge in [-0.3, -0.25) is 9.78 Å². The number of rotatable bonds is 4. The van der Waals surface area contributed by atoms with E-state index in [9.17, 15) is 4.79 Å². The molecule has 0 radical (unpaired) electrons. The third-order valence-corrected chi connectivity index (χ3v) is 4.01. The van der Waals surface area contributed by atoms with Gasteiger partial charge in [0.15, 0.2) is 0 Å². The Bertz CT molecular complexity index is 604. The lowest BCUT2D eigenvalue weighted by molar-refractivity contribution is -0.118. The number of carbonyl (C=O) groups is 1. The molecule has 0 bridgehead atoms. The maximum Gasteiger partial charge on any atom is 0.241 e. The second kappa shape index (κ2) is 7.18. The molecule has 2 heterocycles. The molecular weight excluding hydrogens is 274 g/mol. The molecule has 1 atom stereocenters. The number of benzene rings is 1. The highest BCUT2D eigenvalue weighted by molar-refractivity contribution is 5.94. The third-order valence-electron chi connectivity index (χ3n) is 4.01. The van der Waals surface area contributed by atoms with Gasteiger partial charge < -0.3 is 10.6 Å². The molecule has 2 aromatic rings. The van der Waals surface area contributed by atoms with Crippen LogP contribution in [0, 0.1) is 0 Å². The van der Waals surface area contributed by atoms with Crippen molar-refractivity contribution in [3.63, 3.8) is 0 Å². The maximum absolute atomic E-state index is 12.2. The van der Waals surface area contributed by atoms with Gasteiger partial charge in [0.2, 0.25) is 5.91 Å². The Hall–Kier alpha value is -2.20. The van der Waals surface area contributed by atoms with E-state index in [1.165, 1.54) is 11.1 Å². The molecule has 114 valence electrons. The van der Waals surface area contributed by atoms with E-state index in [-0.39, 0.29) is 11.9 Å². The van der Waals surface area contributed by atoms with Gasteiger partial charge in [-0.25, -0.2) is 0 Å². The lowest BCUT2D eigenvalue weighted by Gasteiger charge is -2.22. The van der Waals surface area contributed by atoms with Crippen molar-refractivity contribution in [2.45, 2.75) is 31.7 Å². The van der Waals surface area contributed by atoms with Crippen molar-refractivity contribution in [2.75, 3.05) is 11.9 Å². The number of anilines is 1. The minimum absolute atomic E-state index is 0.0507. The van der Waals surface area contributed by atoms with E-state index in [4.69, 9.17) is 0 Å². The summed E-state index contributed by atoms with van der Waals surface area (Å²) in [7, 11) is 0. The van der Waals surface area contributed by atoms with Crippen molar-refractivity contribution in [1.29, 1.82) is 0 Å². The fraction of sp³-hybridized carbons (Fsp3) is 0.333. The first-order valence-corrected chi connectivity index (χ1v) is 7.83. The Kier molecular flexibility index (Phi) is 4.81. The van der Waals surface area contributed by atoms with E-state index in [2.05, 4.69) is 27.8 Å². The molecule has 0 unspecified atom stereocenters. The zero-order chi connectivity index (χ0) is 15.2. The van der Waals surface area contributed by atoms with Crippen molar-refractivity contribution >= 4 is 11.6 Å². The van der Waals surface area contributed by atoms with Gasteiger partial charge in [-0.05, 0) is 61.2 Å². The molecule has 1 amide bonds. The predicted molar refractivity (Wildman–Crippen MR) is 87.8 cm³/mol. The summed E-state index contributed by atoms with van der Waals surface area (Å²) in [6, 6.07) is 12.0. The second-order valence-electron chi connectivity index (χ2n) is 5.72. The van der Waals surface area contributed by atoms with Crippen LogP contribution in [-0.4, -0.2) is 23.5 Å². The summed E-state index contributed by atoms with van der Waals surface area (Å²) in [6.45, 7) is 0.933. The van der Waals surface area contributed by atoms with Crippen LogP contribution < -0.4 is 10.6 Å². The van der Waals surface area contributed by atoms with Gasteiger partial charge >= 0.3 is 0 Å². The Morgan fingerprint density at radius 1 is 1.09 bits per heavy atom. The van der Waals surface area contributed by atoms with Crippen molar-refractivity contribution in [3.8, 4) is 0 Å². The number of hydrogen-bond donors (Lipinski definition) is 2. The van der Waals surface area contributed by atoms with Gasteiger partial charge in [0.1, 0.15) is 0 Å². The molecule has 1 aromatic heterocycles. The summed E-state index contributed by atoms with van der Waals surface area (Å²) in [4.78, 5) is 16.2. The zero-order valence-electron chi connectivity index (χ0n) is 12.6. The predicted octanol–water partition coefficient (Wildman–Crippen LogP) is 2.75. The molecule has 1 aliphatic heterocycles. The molecule has 1 aromatic carbocycles. The molecule has 1 saturated heterocycles. The summed E-state index contributed by atoms with van der Waals surface area (Å²) >= 11 is 0. The van der Waals surface area contributed by atoms with Crippen LogP contribution >= 0.6 is 0 Å². The second-order valence-corrected chi connectivity index (χ2v) is 5.72. The van der Waals surface area contributed by atoms with Crippen LogP contribution in [0.4, 0.5) is 5.69 Å². The average molecular weight is 295 g/mol. The molecule has 22 heavy (non-hydrogen) atoms. The van der Waals surface area contributed by atoms with E-state index in [0.29, 0.717) is 0 Å². The first-order valence-electron chi connectivity index (χ1n) is 7.83. The first-order chi connectivity index (χ1) is 10.8. The van der Waals surface area contributed by atoms with Gasteiger partial charge in [-0.15, -0.1) is 0 Å². The standard InChI is InChI=1S/C18H21N3O/c22-18(17-3-1-2-10-20-17)21-16-6-4-14(5-7-16)13-15-8-11-19-12-9-15/h4-9,11-12,17,20H,1-3,10,13H2,(H,21,22)/t17-/m1/s1. The zero-order valence-corrected chi connectivity index (χ0v) is 12.6. The molecule has 0 aliphatic carbocycles. The molecular formula is C18H21N3O. The lowest BCUT2D eigenvalue weighted by Crippen LogP contribution is -2.43. The van der Waals surface area contributed by atoms with E-state index < -0.39 is 0 Å². The largest absolute Gasteiger partial charge is 0.325 e. The van der Waals surface area contributed by atoms with Crippen molar-refractivity contribution in [2.24, 2.45) is 0 Å². The third kappa shape index (κ3) is 3.92. The molecule has 1 aliphatic rings. The quantitative estimate of drug-likeness (QED) is 0.912. The first kappa shape index (κ1) is 14.7. The van der Waals surface area contributed by atoms with E-state index in [1.54, 1.807) is 12.4 Å². The highest BCUT2D eigenvalue weighted by Crippen LogP contribution is 2.15. The molecule has 3 rings (SSSR count). The van der Waals surface area contributed by atoms with E-state index in [0.717, 1.165) is 37.9 Å². The Labute approximate surface area is 131 Å².